The third-order valence-corrected chi connectivity index (χ3v) is 4.75. The van der Waals surface area contributed by atoms with E-state index in [2.05, 4.69) is 0 Å². The van der Waals surface area contributed by atoms with Gasteiger partial charge in [0.25, 0.3) is 0 Å². The molecule has 6 nitrogen and oxygen atoms in total. The number of hydrogen-bond acceptors (Lipinski definition) is 6. The van der Waals surface area contributed by atoms with Crippen LogP contribution in [0.1, 0.15) is 29.8 Å². The standard InChI is InChI=1S/C22H26O6/c1-14-15(11-23)7-6-8-18(14)21-19(24-4)9-16(10-20(21)25-5)26-12-17-13-27-22(2,3)28-17/h6-11,17H,12-13H2,1-5H3/t17-/m0/s1. The maximum Gasteiger partial charge on any atom is 0.163 e. The molecule has 0 radical (unpaired) electrons. The average Bonchev–Trinajstić information content (AvgIpc) is 3.04. The fourth-order valence-corrected chi connectivity index (χ4v) is 3.32. The van der Waals surface area contributed by atoms with Crippen molar-refractivity contribution >= 4 is 6.29 Å². The molecule has 0 aliphatic carbocycles. The molecule has 28 heavy (non-hydrogen) atoms. The molecule has 0 amide bonds. The average molecular weight is 386 g/mol. The van der Waals surface area contributed by atoms with Gasteiger partial charge in [0, 0.05) is 17.7 Å². The van der Waals surface area contributed by atoms with E-state index in [9.17, 15) is 4.79 Å². The highest BCUT2D eigenvalue weighted by Crippen LogP contribution is 2.43. The second kappa shape index (κ2) is 8.20. The van der Waals surface area contributed by atoms with E-state index in [0.717, 1.165) is 23.0 Å². The highest BCUT2D eigenvalue weighted by atomic mass is 16.7. The third-order valence-electron chi connectivity index (χ3n) is 4.75. The Morgan fingerprint density at radius 1 is 1.18 bits per heavy atom. The van der Waals surface area contributed by atoms with Crippen molar-refractivity contribution in [2.24, 2.45) is 0 Å². The topological polar surface area (TPSA) is 63.2 Å². The molecule has 1 saturated heterocycles. The van der Waals surface area contributed by atoms with Crippen molar-refractivity contribution in [1.82, 2.24) is 0 Å². The first-order valence-electron chi connectivity index (χ1n) is 9.14. The fraction of sp³-hybridized carbons (Fsp3) is 0.409. The molecule has 150 valence electrons. The van der Waals surface area contributed by atoms with E-state index in [1.54, 1.807) is 20.3 Å². The number of hydrogen-bond donors (Lipinski definition) is 0. The number of carbonyl (C=O) groups is 1. The van der Waals surface area contributed by atoms with Crippen LogP contribution in [-0.4, -0.2) is 45.6 Å². The molecule has 0 unspecified atom stereocenters. The summed E-state index contributed by atoms with van der Waals surface area (Å²) >= 11 is 0. The summed E-state index contributed by atoms with van der Waals surface area (Å²) in [6.45, 7) is 6.50. The first kappa shape index (κ1) is 20.2. The Kier molecular flexibility index (Phi) is 5.91. The van der Waals surface area contributed by atoms with Gasteiger partial charge in [-0.1, -0.05) is 18.2 Å². The van der Waals surface area contributed by atoms with Gasteiger partial charge in [-0.25, -0.2) is 0 Å². The molecule has 1 aliphatic rings. The minimum absolute atomic E-state index is 0.141. The Hall–Kier alpha value is -2.57. The molecule has 0 bridgehead atoms. The zero-order valence-electron chi connectivity index (χ0n) is 16.9. The molecule has 2 aromatic carbocycles. The van der Waals surface area contributed by atoms with Crippen LogP contribution in [0.25, 0.3) is 11.1 Å². The largest absolute Gasteiger partial charge is 0.496 e. The summed E-state index contributed by atoms with van der Waals surface area (Å²) in [5.74, 6) is 1.22. The lowest BCUT2D eigenvalue weighted by atomic mass is 9.95. The fourth-order valence-electron chi connectivity index (χ4n) is 3.32. The Morgan fingerprint density at radius 2 is 1.86 bits per heavy atom. The molecule has 6 heteroatoms. The normalized spacial score (nSPS) is 18.0. The van der Waals surface area contributed by atoms with Crippen LogP contribution in [0.2, 0.25) is 0 Å². The highest BCUT2D eigenvalue weighted by Gasteiger charge is 2.33. The van der Waals surface area contributed by atoms with Gasteiger partial charge < -0.3 is 23.7 Å². The molecule has 1 aliphatic heterocycles. The second-order valence-electron chi connectivity index (χ2n) is 7.10. The van der Waals surface area contributed by atoms with Gasteiger partial charge in [-0.3, -0.25) is 4.79 Å². The molecule has 1 heterocycles. The highest BCUT2D eigenvalue weighted by molar-refractivity contribution is 5.87. The van der Waals surface area contributed by atoms with Crippen LogP contribution in [0.3, 0.4) is 0 Å². The summed E-state index contributed by atoms with van der Waals surface area (Å²) in [5.41, 5.74) is 3.14. The number of ether oxygens (including phenoxy) is 5. The first-order valence-corrected chi connectivity index (χ1v) is 9.14. The summed E-state index contributed by atoms with van der Waals surface area (Å²) < 4.78 is 28.5. The van der Waals surface area contributed by atoms with Crippen LogP contribution in [0.5, 0.6) is 17.2 Å². The maximum absolute atomic E-state index is 11.3. The van der Waals surface area contributed by atoms with Gasteiger partial charge in [-0.2, -0.15) is 0 Å². The molecule has 1 fully saturated rings. The molecule has 0 spiro atoms. The minimum atomic E-state index is -0.589. The van der Waals surface area contributed by atoms with Gasteiger partial charge in [0.2, 0.25) is 0 Å². The summed E-state index contributed by atoms with van der Waals surface area (Å²) in [6.07, 6.45) is 0.707. The van der Waals surface area contributed by atoms with E-state index in [1.807, 2.05) is 45.0 Å². The van der Waals surface area contributed by atoms with Crippen LogP contribution >= 0.6 is 0 Å². The van der Waals surface area contributed by atoms with E-state index in [-0.39, 0.29) is 6.10 Å². The smallest absolute Gasteiger partial charge is 0.163 e. The minimum Gasteiger partial charge on any atom is -0.496 e. The molecule has 3 rings (SSSR count). The Balaban J connectivity index is 1.92. The number of rotatable bonds is 7. The molecule has 0 aromatic heterocycles. The van der Waals surface area contributed by atoms with E-state index < -0.39 is 5.79 Å². The predicted molar refractivity (Wildman–Crippen MR) is 106 cm³/mol. The van der Waals surface area contributed by atoms with Gasteiger partial charge in [0.15, 0.2) is 5.79 Å². The van der Waals surface area contributed by atoms with E-state index >= 15 is 0 Å². The number of aldehydes is 1. The summed E-state index contributed by atoms with van der Waals surface area (Å²) in [6, 6.07) is 9.19. The second-order valence-corrected chi connectivity index (χ2v) is 7.10. The molecule has 1 atom stereocenters. The summed E-state index contributed by atoms with van der Waals surface area (Å²) in [7, 11) is 3.19. The molecule has 0 N–H and O–H groups in total. The summed E-state index contributed by atoms with van der Waals surface area (Å²) in [5, 5.41) is 0. The van der Waals surface area contributed by atoms with Crippen LogP contribution in [-0.2, 0) is 9.47 Å². The van der Waals surface area contributed by atoms with Crippen molar-refractivity contribution in [3.05, 3.63) is 41.5 Å². The van der Waals surface area contributed by atoms with Crippen molar-refractivity contribution in [2.45, 2.75) is 32.7 Å². The van der Waals surface area contributed by atoms with E-state index in [1.165, 1.54) is 0 Å². The maximum atomic E-state index is 11.3. The number of methoxy groups -OCH3 is 2. The van der Waals surface area contributed by atoms with E-state index in [0.29, 0.717) is 36.0 Å². The van der Waals surface area contributed by atoms with Crippen molar-refractivity contribution in [3.63, 3.8) is 0 Å². The number of carbonyl (C=O) groups excluding carboxylic acids is 1. The lowest BCUT2D eigenvalue weighted by Gasteiger charge is -2.19. The van der Waals surface area contributed by atoms with E-state index in [4.69, 9.17) is 23.7 Å². The first-order chi connectivity index (χ1) is 13.4. The van der Waals surface area contributed by atoms with Gasteiger partial charge in [0.05, 0.1) is 26.4 Å². The van der Waals surface area contributed by atoms with Crippen LogP contribution in [0, 0.1) is 6.92 Å². The lowest BCUT2D eigenvalue weighted by molar-refractivity contribution is -0.141. The van der Waals surface area contributed by atoms with Crippen molar-refractivity contribution in [2.75, 3.05) is 27.4 Å². The van der Waals surface area contributed by atoms with Crippen molar-refractivity contribution in [3.8, 4) is 28.4 Å². The Morgan fingerprint density at radius 3 is 2.39 bits per heavy atom. The zero-order valence-corrected chi connectivity index (χ0v) is 16.9. The zero-order chi connectivity index (χ0) is 20.3. The Bertz CT molecular complexity index is 833. The molecule has 2 aromatic rings. The van der Waals surface area contributed by atoms with Crippen LogP contribution in [0.15, 0.2) is 30.3 Å². The number of benzene rings is 2. The Labute approximate surface area is 165 Å². The molecular formula is C22H26O6. The van der Waals surface area contributed by atoms with Gasteiger partial charge in [-0.15, -0.1) is 0 Å². The molecule has 0 saturated carbocycles. The predicted octanol–water partition coefficient (Wildman–Crippen LogP) is 4.02. The quantitative estimate of drug-likeness (QED) is 0.670. The third kappa shape index (κ3) is 4.13. The lowest BCUT2D eigenvalue weighted by Crippen LogP contribution is -2.25. The SMILES string of the molecule is COc1cc(OC[C@H]2COC(C)(C)O2)cc(OC)c1-c1cccc(C=O)c1C. The van der Waals surface area contributed by atoms with Gasteiger partial charge in [-0.05, 0) is 31.9 Å². The van der Waals surface area contributed by atoms with Gasteiger partial charge >= 0.3 is 0 Å². The monoisotopic (exact) mass is 386 g/mol. The molecular weight excluding hydrogens is 360 g/mol. The van der Waals surface area contributed by atoms with Crippen molar-refractivity contribution in [1.29, 1.82) is 0 Å². The summed E-state index contributed by atoms with van der Waals surface area (Å²) in [4.78, 5) is 11.3. The van der Waals surface area contributed by atoms with Crippen LogP contribution < -0.4 is 14.2 Å². The van der Waals surface area contributed by atoms with Crippen molar-refractivity contribution < 1.29 is 28.5 Å². The van der Waals surface area contributed by atoms with Crippen LogP contribution in [0.4, 0.5) is 0 Å². The van der Waals surface area contributed by atoms with Gasteiger partial charge in [0.1, 0.15) is 36.2 Å².